The maximum atomic E-state index is 10.5. The van der Waals surface area contributed by atoms with Gasteiger partial charge in [0.15, 0.2) is 0 Å². The first kappa shape index (κ1) is 11.4. The average Bonchev–Trinajstić information content (AvgIpc) is 2.20. The molecule has 13 heavy (non-hydrogen) atoms. The van der Waals surface area contributed by atoms with Gasteiger partial charge < -0.3 is 9.34 Å². The Kier molecular flexibility index (Phi) is 3.38. The third-order valence-electron chi connectivity index (χ3n) is 3.34. The minimum absolute atomic E-state index is 0.103. The minimum atomic E-state index is -1.09. The molecule has 2 nitrogen and oxygen atoms in total. The molecule has 0 N–H and O–H groups in total. The number of hydrogen-bond donors (Lipinski definition) is 0. The van der Waals surface area contributed by atoms with Gasteiger partial charge in [-0.15, -0.1) is 6.61 Å². The molecule has 0 aromatic rings. The minimum Gasteiger partial charge on any atom is -0.854 e. The molecule has 1 rings (SSSR count). The van der Waals surface area contributed by atoms with Crippen LogP contribution >= 0.6 is 0 Å². The SMILES string of the molecule is C[Si]1(C)CC[Si](C)(C)N1CCC[O-]. The van der Waals surface area contributed by atoms with Crippen molar-refractivity contribution in [1.29, 1.82) is 0 Å². The highest BCUT2D eigenvalue weighted by molar-refractivity contribution is 6.95. The predicted octanol–water partition coefficient (Wildman–Crippen LogP) is 1.46. The lowest BCUT2D eigenvalue weighted by atomic mass is 10.5. The van der Waals surface area contributed by atoms with Gasteiger partial charge in [-0.3, -0.25) is 0 Å². The molecule has 0 unspecified atom stereocenters. The Balaban J connectivity index is 2.64. The van der Waals surface area contributed by atoms with Crippen LogP contribution in [-0.4, -0.2) is 33.9 Å². The van der Waals surface area contributed by atoms with Crippen LogP contribution in [0.1, 0.15) is 6.42 Å². The highest BCUT2D eigenvalue weighted by atomic mass is 28.4. The molecular weight excluding hydrogens is 194 g/mol. The van der Waals surface area contributed by atoms with Crippen LogP contribution < -0.4 is 5.11 Å². The fourth-order valence-corrected chi connectivity index (χ4v) is 16.7. The summed E-state index contributed by atoms with van der Waals surface area (Å²) in [5.74, 6) is 0. The van der Waals surface area contributed by atoms with E-state index in [2.05, 4.69) is 30.4 Å². The van der Waals surface area contributed by atoms with E-state index < -0.39 is 16.5 Å². The van der Waals surface area contributed by atoms with Gasteiger partial charge in [0.25, 0.3) is 0 Å². The van der Waals surface area contributed by atoms with Gasteiger partial charge in [0.1, 0.15) is 16.5 Å². The van der Waals surface area contributed by atoms with E-state index in [-0.39, 0.29) is 6.61 Å². The first-order valence-electron chi connectivity index (χ1n) is 5.26. The summed E-state index contributed by atoms with van der Waals surface area (Å²) < 4.78 is 2.78. The summed E-state index contributed by atoms with van der Waals surface area (Å²) in [7, 11) is -2.17. The fourth-order valence-electron chi connectivity index (χ4n) is 2.53. The third-order valence-corrected chi connectivity index (χ3v) is 13.8. The van der Waals surface area contributed by atoms with E-state index in [0.29, 0.717) is 0 Å². The standard InChI is InChI=1S/C9H22NOSi2/c1-12(2)8-9-13(3,4)10(12)6-5-7-11/h5-9H2,1-4H3/q-1. The molecule has 0 aliphatic carbocycles. The van der Waals surface area contributed by atoms with E-state index in [1.54, 1.807) is 0 Å². The molecule has 4 heteroatoms. The van der Waals surface area contributed by atoms with E-state index >= 15 is 0 Å². The van der Waals surface area contributed by atoms with Crippen LogP contribution in [0.15, 0.2) is 0 Å². The van der Waals surface area contributed by atoms with E-state index in [1.165, 1.54) is 12.1 Å². The summed E-state index contributed by atoms with van der Waals surface area (Å²) >= 11 is 0. The molecule has 1 aliphatic heterocycles. The Morgan fingerprint density at radius 2 is 1.54 bits per heavy atom. The van der Waals surface area contributed by atoms with Crippen molar-refractivity contribution in [3.05, 3.63) is 0 Å². The third kappa shape index (κ3) is 2.43. The quantitative estimate of drug-likeness (QED) is 0.668. The molecule has 0 aromatic heterocycles. The summed E-state index contributed by atoms with van der Waals surface area (Å²) in [6.45, 7) is 11.0. The van der Waals surface area contributed by atoms with Crippen molar-refractivity contribution >= 4 is 16.5 Å². The van der Waals surface area contributed by atoms with Crippen LogP contribution in [0, 0.1) is 0 Å². The molecule has 1 aliphatic rings. The molecule has 1 saturated heterocycles. The molecule has 0 radical (unpaired) electrons. The molecule has 0 amide bonds. The van der Waals surface area contributed by atoms with Crippen molar-refractivity contribution in [2.45, 2.75) is 44.7 Å². The summed E-state index contributed by atoms with van der Waals surface area (Å²) in [4.78, 5) is 0. The van der Waals surface area contributed by atoms with E-state index in [0.717, 1.165) is 13.0 Å². The van der Waals surface area contributed by atoms with Crippen LogP contribution in [-0.2, 0) is 0 Å². The van der Waals surface area contributed by atoms with E-state index in [1.807, 2.05) is 0 Å². The van der Waals surface area contributed by atoms with Crippen LogP contribution in [0.2, 0.25) is 38.3 Å². The Bertz CT molecular complexity index is 166. The molecule has 0 bridgehead atoms. The Morgan fingerprint density at radius 3 is 1.92 bits per heavy atom. The zero-order valence-corrected chi connectivity index (χ0v) is 11.4. The largest absolute Gasteiger partial charge is 0.854 e. The monoisotopic (exact) mass is 216 g/mol. The van der Waals surface area contributed by atoms with Crippen LogP contribution in [0.5, 0.6) is 0 Å². The Labute approximate surface area is 84.1 Å². The van der Waals surface area contributed by atoms with Crippen molar-refractivity contribution in [3.8, 4) is 0 Å². The lowest BCUT2D eigenvalue weighted by Gasteiger charge is -2.39. The van der Waals surface area contributed by atoms with Gasteiger partial charge in [-0.1, -0.05) is 32.6 Å². The lowest BCUT2D eigenvalue weighted by Crippen LogP contribution is -2.55. The normalized spacial score (nSPS) is 26.5. The highest BCUT2D eigenvalue weighted by Crippen LogP contribution is 2.36. The second-order valence-electron chi connectivity index (χ2n) is 5.33. The summed E-state index contributed by atoms with van der Waals surface area (Å²) in [6, 6.07) is 2.90. The summed E-state index contributed by atoms with van der Waals surface area (Å²) in [5.41, 5.74) is 0. The van der Waals surface area contributed by atoms with Gasteiger partial charge in [-0.05, 0) is 18.6 Å². The first-order valence-corrected chi connectivity index (χ1v) is 11.6. The van der Waals surface area contributed by atoms with Crippen LogP contribution in [0.4, 0.5) is 0 Å². The van der Waals surface area contributed by atoms with Crippen molar-refractivity contribution < 1.29 is 5.11 Å². The molecule has 78 valence electrons. The van der Waals surface area contributed by atoms with E-state index in [9.17, 15) is 5.11 Å². The first-order chi connectivity index (χ1) is 5.90. The zero-order valence-electron chi connectivity index (χ0n) is 9.39. The van der Waals surface area contributed by atoms with Gasteiger partial charge in [0.2, 0.25) is 0 Å². The second-order valence-corrected chi connectivity index (χ2v) is 15.1. The molecule has 0 atom stereocenters. The van der Waals surface area contributed by atoms with Gasteiger partial charge in [0.05, 0.1) is 0 Å². The Morgan fingerprint density at radius 1 is 1.08 bits per heavy atom. The van der Waals surface area contributed by atoms with Crippen molar-refractivity contribution in [3.63, 3.8) is 0 Å². The van der Waals surface area contributed by atoms with Gasteiger partial charge in [-0.25, -0.2) is 0 Å². The van der Waals surface area contributed by atoms with Crippen molar-refractivity contribution in [2.75, 3.05) is 13.2 Å². The van der Waals surface area contributed by atoms with Crippen molar-refractivity contribution in [2.24, 2.45) is 0 Å². The predicted molar refractivity (Wildman–Crippen MR) is 60.8 cm³/mol. The number of nitrogens with zero attached hydrogens (tertiary/aromatic N) is 1. The van der Waals surface area contributed by atoms with Crippen LogP contribution in [0.3, 0.4) is 0 Å². The van der Waals surface area contributed by atoms with Gasteiger partial charge >= 0.3 is 0 Å². The van der Waals surface area contributed by atoms with Crippen molar-refractivity contribution in [1.82, 2.24) is 4.23 Å². The summed E-state index contributed by atoms with van der Waals surface area (Å²) in [6.07, 6.45) is 0.854. The molecule has 0 saturated carbocycles. The summed E-state index contributed by atoms with van der Waals surface area (Å²) in [5, 5.41) is 10.5. The molecule has 1 fully saturated rings. The highest BCUT2D eigenvalue weighted by Gasteiger charge is 2.46. The van der Waals surface area contributed by atoms with Crippen LogP contribution in [0.25, 0.3) is 0 Å². The van der Waals surface area contributed by atoms with E-state index in [4.69, 9.17) is 0 Å². The maximum absolute atomic E-state index is 10.5. The van der Waals surface area contributed by atoms with Gasteiger partial charge in [0, 0.05) is 0 Å². The lowest BCUT2D eigenvalue weighted by molar-refractivity contribution is -0.368. The molecule has 0 spiro atoms. The average molecular weight is 216 g/mol. The number of hydrogen-bond acceptors (Lipinski definition) is 2. The van der Waals surface area contributed by atoms with Gasteiger partial charge in [-0.2, -0.15) is 0 Å². The number of rotatable bonds is 3. The maximum Gasteiger partial charge on any atom is 0.115 e. The topological polar surface area (TPSA) is 26.3 Å². The molecular formula is C9H22NOSi2-. The smallest absolute Gasteiger partial charge is 0.115 e. The fraction of sp³-hybridized carbons (Fsp3) is 1.00. The zero-order chi connectivity index (χ0) is 10.1. The molecule has 1 heterocycles. The molecule has 0 aromatic carbocycles. The Hall–Kier alpha value is 0.354. The second kappa shape index (κ2) is 3.84.